The molecule has 1 amide bonds. The summed E-state index contributed by atoms with van der Waals surface area (Å²) < 4.78 is 6.83. The minimum absolute atomic E-state index is 0.0427. The normalized spacial score (nSPS) is 15.0. The summed E-state index contributed by atoms with van der Waals surface area (Å²) in [5.41, 5.74) is 2.52. The smallest absolute Gasteiger partial charge is 0.270 e. The maximum absolute atomic E-state index is 12.9. The van der Waals surface area contributed by atoms with E-state index >= 15 is 0 Å². The van der Waals surface area contributed by atoms with Gasteiger partial charge in [-0.15, -0.1) is 10.2 Å². The molecule has 1 aliphatic heterocycles. The molecule has 2 aromatic carbocycles. The van der Waals surface area contributed by atoms with Crippen LogP contribution in [0.2, 0.25) is 0 Å². The highest BCUT2D eigenvalue weighted by Gasteiger charge is 2.24. The van der Waals surface area contributed by atoms with Gasteiger partial charge in [-0.3, -0.25) is 9.69 Å². The molecule has 0 radical (unpaired) electrons. The van der Waals surface area contributed by atoms with Crippen molar-refractivity contribution in [1.82, 2.24) is 25.0 Å². The number of benzene rings is 2. The molecule has 0 saturated carbocycles. The van der Waals surface area contributed by atoms with Crippen LogP contribution in [0.4, 0.5) is 0 Å². The molecule has 0 atom stereocenters. The lowest BCUT2D eigenvalue weighted by Crippen LogP contribution is -2.48. The number of hydrogen-bond donors (Lipinski definition) is 1. The molecule has 1 aliphatic rings. The Bertz CT molecular complexity index is 1140. The van der Waals surface area contributed by atoms with Crippen molar-refractivity contribution in [2.45, 2.75) is 6.54 Å². The molecule has 2 aromatic heterocycles. The number of halogens is 1. The first kappa shape index (κ1) is 19.0. The third kappa shape index (κ3) is 3.88. The van der Waals surface area contributed by atoms with Crippen LogP contribution < -0.4 is 0 Å². The minimum atomic E-state index is 0.0427. The fraction of sp³-hybridized carbons (Fsp3) is 0.227. The van der Waals surface area contributed by atoms with Crippen molar-refractivity contribution in [3.63, 3.8) is 0 Å². The zero-order valence-corrected chi connectivity index (χ0v) is 17.8. The van der Waals surface area contributed by atoms with E-state index in [1.165, 1.54) is 0 Å². The predicted octanol–water partition coefficient (Wildman–Crippen LogP) is 3.94. The summed E-state index contributed by atoms with van der Waals surface area (Å²) in [6.07, 6.45) is 0. The molecule has 5 rings (SSSR count). The van der Waals surface area contributed by atoms with Crippen LogP contribution in [-0.2, 0) is 6.54 Å². The Balaban J connectivity index is 1.19. The van der Waals surface area contributed by atoms with E-state index in [0.717, 1.165) is 34.0 Å². The zero-order chi connectivity index (χ0) is 20.5. The third-order valence-corrected chi connectivity index (χ3v) is 5.87. The lowest BCUT2D eigenvalue weighted by Gasteiger charge is -2.33. The number of H-pyrrole nitrogens is 1. The van der Waals surface area contributed by atoms with Gasteiger partial charge in [0.05, 0.1) is 6.54 Å². The van der Waals surface area contributed by atoms with Gasteiger partial charge in [-0.05, 0) is 36.4 Å². The zero-order valence-electron chi connectivity index (χ0n) is 16.2. The number of rotatable bonds is 4. The lowest BCUT2D eigenvalue weighted by molar-refractivity contribution is 0.0613. The van der Waals surface area contributed by atoms with Crippen molar-refractivity contribution in [2.24, 2.45) is 0 Å². The van der Waals surface area contributed by atoms with E-state index in [2.05, 4.69) is 36.0 Å². The molecular formula is C22H20BrN5O2. The summed E-state index contributed by atoms with van der Waals surface area (Å²) in [5.74, 6) is 1.15. The highest BCUT2D eigenvalue weighted by molar-refractivity contribution is 9.10. The predicted molar refractivity (Wildman–Crippen MR) is 117 cm³/mol. The van der Waals surface area contributed by atoms with Crippen molar-refractivity contribution >= 4 is 32.7 Å². The van der Waals surface area contributed by atoms with E-state index < -0.39 is 0 Å². The second-order valence-electron chi connectivity index (χ2n) is 7.35. The summed E-state index contributed by atoms with van der Waals surface area (Å²) in [6.45, 7) is 3.45. The quantitative estimate of drug-likeness (QED) is 0.493. The molecule has 1 N–H and O–H groups in total. The number of carbonyl (C=O) groups is 1. The second kappa shape index (κ2) is 8.04. The number of nitrogens with zero attached hydrogens (tertiary/aromatic N) is 4. The first-order valence-electron chi connectivity index (χ1n) is 9.83. The first-order chi connectivity index (χ1) is 14.7. The van der Waals surface area contributed by atoms with Crippen LogP contribution >= 0.6 is 15.9 Å². The number of fused-ring (bicyclic) bond motifs is 1. The number of piperazine rings is 1. The number of carbonyl (C=O) groups excluding carboxylic acids is 1. The van der Waals surface area contributed by atoms with Crippen LogP contribution in [0, 0.1) is 0 Å². The number of para-hydroxylation sites is 1. The SMILES string of the molecule is O=C(c1cc2ccccc2[nH]1)N1CCN(Cc2nnc(-c3ccc(Br)cc3)o2)CC1. The Hall–Kier alpha value is -2.97. The monoisotopic (exact) mass is 465 g/mol. The summed E-state index contributed by atoms with van der Waals surface area (Å²) in [4.78, 5) is 20.2. The molecule has 0 aliphatic carbocycles. The highest BCUT2D eigenvalue weighted by Crippen LogP contribution is 2.21. The van der Waals surface area contributed by atoms with Crippen LogP contribution in [0.1, 0.15) is 16.4 Å². The van der Waals surface area contributed by atoms with E-state index in [0.29, 0.717) is 37.1 Å². The molecule has 1 fully saturated rings. The summed E-state index contributed by atoms with van der Waals surface area (Å²) >= 11 is 3.42. The van der Waals surface area contributed by atoms with Crippen molar-refractivity contribution in [3.05, 3.63) is 70.7 Å². The van der Waals surface area contributed by atoms with Gasteiger partial charge in [0.15, 0.2) is 0 Å². The van der Waals surface area contributed by atoms with Gasteiger partial charge >= 0.3 is 0 Å². The van der Waals surface area contributed by atoms with Gasteiger partial charge in [0.1, 0.15) is 5.69 Å². The molecule has 30 heavy (non-hydrogen) atoms. The Morgan fingerprint density at radius 3 is 2.57 bits per heavy atom. The van der Waals surface area contributed by atoms with Crippen LogP contribution in [-0.4, -0.2) is 57.1 Å². The molecule has 0 bridgehead atoms. The second-order valence-corrected chi connectivity index (χ2v) is 8.26. The summed E-state index contributed by atoms with van der Waals surface area (Å²) in [7, 11) is 0. The largest absolute Gasteiger partial charge is 0.419 e. The van der Waals surface area contributed by atoms with Crippen molar-refractivity contribution < 1.29 is 9.21 Å². The Labute approximate surface area is 181 Å². The maximum atomic E-state index is 12.9. The average Bonchev–Trinajstić information content (AvgIpc) is 3.41. The fourth-order valence-electron chi connectivity index (χ4n) is 3.69. The lowest BCUT2D eigenvalue weighted by atomic mass is 10.2. The molecule has 4 aromatic rings. The molecule has 7 nitrogen and oxygen atoms in total. The van der Waals surface area contributed by atoms with Crippen molar-refractivity contribution in [3.8, 4) is 11.5 Å². The molecule has 3 heterocycles. The first-order valence-corrected chi connectivity index (χ1v) is 10.6. The molecule has 0 spiro atoms. The van der Waals surface area contributed by atoms with Gasteiger partial charge in [-0.25, -0.2) is 0 Å². The van der Waals surface area contributed by atoms with Gasteiger partial charge in [0.25, 0.3) is 5.91 Å². The molecule has 0 unspecified atom stereocenters. The van der Waals surface area contributed by atoms with E-state index in [1.807, 2.05) is 59.5 Å². The van der Waals surface area contributed by atoms with Crippen molar-refractivity contribution in [2.75, 3.05) is 26.2 Å². The van der Waals surface area contributed by atoms with Crippen LogP contribution in [0.5, 0.6) is 0 Å². The topological polar surface area (TPSA) is 78.3 Å². The summed E-state index contributed by atoms with van der Waals surface area (Å²) in [5, 5.41) is 9.39. The number of aromatic amines is 1. The van der Waals surface area contributed by atoms with E-state index in [-0.39, 0.29) is 5.91 Å². The molecular weight excluding hydrogens is 446 g/mol. The molecule has 8 heteroatoms. The Morgan fingerprint density at radius 2 is 1.80 bits per heavy atom. The van der Waals surface area contributed by atoms with Crippen molar-refractivity contribution in [1.29, 1.82) is 0 Å². The Kier molecular flexibility index (Phi) is 5.10. The van der Waals surface area contributed by atoms with Crippen LogP contribution in [0.3, 0.4) is 0 Å². The standard InChI is InChI=1S/C22H20BrN5O2/c23-17-7-5-15(6-8-17)21-26-25-20(30-21)14-27-9-11-28(12-10-27)22(29)19-13-16-3-1-2-4-18(16)24-19/h1-8,13,24H,9-12,14H2. The summed E-state index contributed by atoms with van der Waals surface area (Å²) in [6, 6.07) is 17.6. The van der Waals surface area contributed by atoms with Gasteiger partial charge < -0.3 is 14.3 Å². The van der Waals surface area contributed by atoms with E-state index in [9.17, 15) is 4.79 Å². The van der Waals surface area contributed by atoms with E-state index in [4.69, 9.17) is 4.42 Å². The van der Waals surface area contributed by atoms with Gasteiger partial charge in [-0.2, -0.15) is 0 Å². The van der Waals surface area contributed by atoms with Crippen LogP contribution in [0.15, 0.2) is 63.5 Å². The van der Waals surface area contributed by atoms with Crippen LogP contribution in [0.25, 0.3) is 22.4 Å². The van der Waals surface area contributed by atoms with E-state index in [1.54, 1.807) is 0 Å². The minimum Gasteiger partial charge on any atom is -0.419 e. The fourth-order valence-corrected chi connectivity index (χ4v) is 3.95. The van der Waals surface area contributed by atoms with Gasteiger partial charge in [0, 0.05) is 47.1 Å². The Morgan fingerprint density at radius 1 is 1.03 bits per heavy atom. The number of hydrogen-bond acceptors (Lipinski definition) is 5. The molecule has 1 saturated heterocycles. The number of aromatic nitrogens is 3. The molecule has 152 valence electrons. The highest BCUT2D eigenvalue weighted by atomic mass is 79.9. The van der Waals surface area contributed by atoms with Gasteiger partial charge in [0.2, 0.25) is 11.8 Å². The number of amides is 1. The van der Waals surface area contributed by atoms with Gasteiger partial charge in [-0.1, -0.05) is 34.1 Å². The maximum Gasteiger partial charge on any atom is 0.270 e. The third-order valence-electron chi connectivity index (χ3n) is 5.34. The average molecular weight is 466 g/mol. The number of nitrogens with one attached hydrogen (secondary N) is 1.